The lowest BCUT2D eigenvalue weighted by molar-refractivity contribution is 0.193. The van der Waals surface area contributed by atoms with Crippen LogP contribution in [0.1, 0.15) is 12.8 Å². The minimum Gasteiger partial charge on any atom is -0.497 e. The summed E-state index contributed by atoms with van der Waals surface area (Å²) in [6.45, 7) is 1.37. The number of hydrogen-bond acceptors (Lipinski definition) is 3. The summed E-state index contributed by atoms with van der Waals surface area (Å²) in [4.78, 5) is 14.5. The van der Waals surface area contributed by atoms with Crippen molar-refractivity contribution in [1.29, 1.82) is 0 Å². The van der Waals surface area contributed by atoms with E-state index in [0.29, 0.717) is 18.1 Å². The first-order valence-electron chi connectivity index (χ1n) is 6.59. The topological polar surface area (TPSA) is 67.6 Å². The highest BCUT2D eigenvalue weighted by Crippen LogP contribution is 2.19. The van der Waals surface area contributed by atoms with Crippen LogP contribution < -0.4 is 15.8 Å². The zero-order valence-corrected chi connectivity index (χ0v) is 12.3. The summed E-state index contributed by atoms with van der Waals surface area (Å²) in [6, 6.07) is 7.18. The van der Waals surface area contributed by atoms with Crippen LogP contribution in [-0.4, -0.2) is 36.1 Å². The van der Waals surface area contributed by atoms with Crippen LogP contribution in [0.4, 0.5) is 10.5 Å². The van der Waals surface area contributed by atoms with Gasteiger partial charge in [0.05, 0.1) is 12.1 Å². The molecule has 0 aliphatic carbocycles. The fraction of sp³-hybridized carbons (Fsp3) is 0.429. The number of rotatable bonds is 3. The lowest BCUT2D eigenvalue weighted by atomic mass is 9.97. The molecule has 5 nitrogen and oxygen atoms in total. The number of ether oxygens (including phenoxy) is 1. The first kappa shape index (κ1) is 14.6. The van der Waals surface area contributed by atoms with E-state index in [1.807, 2.05) is 24.3 Å². The Kier molecular flexibility index (Phi) is 4.79. The maximum Gasteiger partial charge on any atom is 0.321 e. The number of likely N-dealkylation sites (tertiary alicyclic amines) is 1. The molecule has 0 spiro atoms. The molecule has 1 heterocycles. The normalized spacial score (nSPS) is 15.8. The number of carbonyl (C=O) groups is 1. The summed E-state index contributed by atoms with van der Waals surface area (Å²) < 4.78 is 5.08. The molecule has 6 heteroatoms. The van der Waals surface area contributed by atoms with Gasteiger partial charge in [-0.05, 0) is 37.1 Å². The molecule has 2 rings (SSSR count). The van der Waals surface area contributed by atoms with Gasteiger partial charge in [-0.15, -0.1) is 0 Å². The van der Waals surface area contributed by atoms with Crippen LogP contribution in [0.3, 0.4) is 0 Å². The number of urea groups is 1. The van der Waals surface area contributed by atoms with E-state index in [-0.39, 0.29) is 11.9 Å². The van der Waals surface area contributed by atoms with Crippen LogP contribution in [0.5, 0.6) is 5.75 Å². The van der Waals surface area contributed by atoms with Crippen molar-refractivity contribution in [3.63, 3.8) is 0 Å². The second-order valence-corrected chi connectivity index (χ2v) is 5.29. The zero-order chi connectivity index (χ0) is 14.5. The first-order valence-corrected chi connectivity index (χ1v) is 7.00. The molecule has 2 amide bonds. The van der Waals surface area contributed by atoms with Crippen molar-refractivity contribution in [2.75, 3.05) is 25.5 Å². The van der Waals surface area contributed by atoms with Crippen molar-refractivity contribution in [3.05, 3.63) is 24.3 Å². The SMILES string of the molecule is COc1ccc(NC(=O)N2CCC(C(N)=S)CC2)cc1. The summed E-state index contributed by atoms with van der Waals surface area (Å²) in [5.41, 5.74) is 6.40. The molecule has 1 aromatic carbocycles. The molecule has 3 N–H and O–H groups in total. The summed E-state index contributed by atoms with van der Waals surface area (Å²) >= 11 is 5.00. The lowest BCUT2D eigenvalue weighted by Crippen LogP contribution is -2.43. The molecule has 20 heavy (non-hydrogen) atoms. The smallest absolute Gasteiger partial charge is 0.321 e. The average Bonchev–Trinajstić information content (AvgIpc) is 2.48. The predicted molar refractivity (Wildman–Crippen MR) is 83.1 cm³/mol. The van der Waals surface area contributed by atoms with Gasteiger partial charge in [0.1, 0.15) is 5.75 Å². The molecule has 1 aliphatic heterocycles. The van der Waals surface area contributed by atoms with Crippen molar-refractivity contribution in [2.24, 2.45) is 11.7 Å². The predicted octanol–water partition coefficient (Wildman–Crippen LogP) is 2.23. The van der Waals surface area contributed by atoms with Gasteiger partial charge in [-0.1, -0.05) is 12.2 Å². The number of carbonyl (C=O) groups excluding carboxylic acids is 1. The highest BCUT2D eigenvalue weighted by molar-refractivity contribution is 7.80. The number of hydrogen-bond donors (Lipinski definition) is 2. The molecule has 1 aromatic rings. The number of nitrogens with two attached hydrogens (primary N) is 1. The number of thiocarbonyl (C=S) groups is 1. The first-order chi connectivity index (χ1) is 9.60. The Balaban J connectivity index is 1.87. The van der Waals surface area contributed by atoms with E-state index < -0.39 is 0 Å². The Morgan fingerprint density at radius 2 is 1.95 bits per heavy atom. The molecule has 1 saturated heterocycles. The Hall–Kier alpha value is -1.82. The molecule has 0 radical (unpaired) electrons. The van der Waals surface area contributed by atoms with Gasteiger partial charge in [0, 0.05) is 24.7 Å². The highest BCUT2D eigenvalue weighted by Gasteiger charge is 2.24. The number of nitrogens with zero attached hydrogens (tertiary/aromatic N) is 1. The number of benzene rings is 1. The van der Waals surface area contributed by atoms with Crippen LogP contribution in [0, 0.1) is 5.92 Å². The standard InChI is InChI=1S/C14H19N3O2S/c1-19-12-4-2-11(3-5-12)16-14(18)17-8-6-10(7-9-17)13(15)20/h2-5,10H,6-9H2,1H3,(H2,15,20)(H,16,18). The van der Waals surface area contributed by atoms with Gasteiger partial charge >= 0.3 is 6.03 Å². The second-order valence-electron chi connectivity index (χ2n) is 4.82. The molecule has 108 valence electrons. The monoisotopic (exact) mass is 293 g/mol. The maximum atomic E-state index is 12.1. The summed E-state index contributed by atoms with van der Waals surface area (Å²) in [6.07, 6.45) is 1.68. The van der Waals surface area contributed by atoms with E-state index in [0.717, 1.165) is 24.3 Å². The third-order valence-electron chi connectivity index (χ3n) is 3.53. The Bertz CT molecular complexity index is 482. The van der Waals surface area contributed by atoms with Crippen LogP contribution in [0.2, 0.25) is 0 Å². The Morgan fingerprint density at radius 3 is 2.45 bits per heavy atom. The number of anilines is 1. The Labute approximate surface area is 124 Å². The third-order valence-corrected chi connectivity index (χ3v) is 3.86. The van der Waals surface area contributed by atoms with Crippen molar-refractivity contribution < 1.29 is 9.53 Å². The largest absolute Gasteiger partial charge is 0.497 e. The second kappa shape index (κ2) is 6.56. The van der Waals surface area contributed by atoms with Crippen LogP contribution in [-0.2, 0) is 0 Å². The average molecular weight is 293 g/mol. The summed E-state index contributed by atoms with van der Waals surface area (Å²) in [5.74, 6) is 1.02. The van der Waals surface area contributed by atoms with E-state index in [4.69, 9.17) is 22.7 Å². The number of nitrogens with one attached hydrogen (secondary N) is 1. The van der Waals surface area contributed by atoms with E-state index in [1.165, 1.54) is 0 Å². The molecular weight excluding hydrogens is 274 g/mol. The molecule has 0 atom stereocenters. The van der Waals surface area contributed by atoms with Crippen molar-refractivity contribution >= 4 is 28.9 Å². The van der Waals surface area contributed by atoms with E-state index in [1.54, 1.807) is 12.0 Å². The molecule has 0 unspecified atom stereocenters. The van der Waals surface area contributed by atoms with Gasteiger partial charge < -0.3 is 20.7 Å². The number of piperidine rings is 1. The molecule has 1 aliphatic rings. The van der Waals surface area contributed by atoms with Gasteiger partial charge in [-0.25, -0.2) is 4.79 Å². The quantitative estimate of drug-likeness (QED) is 0.839. The minimum absolute atomic E-state index is 0.0865. The molecular formula is C14H19N3O2S. The number of methoxy groups -OCH3 is 1. The summed E-state index contributed by atoms with van der Waals surface area (Å²) in [7, 11) is 1.61. The van der Waals surface area contributed by atoms with Crippen LogP contribution in [0.15, 0.2) is 24.3 Å². The minimum atomic E-state index is -0.0865. The van der Waals surface area contributed by atoms with Gasteiger partial charge in [0.15, 0.2) is 0 Å². The van der Waals surface area contributed by atoms with Gasteiger partial charge in [0.25, 0.3) is 0 Å². The van der Waals surface area contributed by atoms with Crippen molar-refractivity contribution in [2.45, 2.75) is 12.8 Å². The van der Waals surface area contributed by atoms with Crippen LogP contribution >= 0.6 is 12.2 Å². The molecule has 1 fully saturated rings. The summed E-state index contributed by atoms with van der Waals surface area (Å²) in [5, 5.41) is 2.87. The van der Waals surface area contributed by atoms with Gasteiger partial charge in [-0.3, -0.25) is 0 Å². The molecule has 0 aromatic heterocycles. The zero-order valence-electron chi connectivity index (χ0n) is 11.5. The maximum absolute atomic E-state index is 12.1. The lowest BCUT2D eigenvalue weighted by Gasteiger charge is -2.31. The Morgan fingerprint density at radius 1 is 1.35 bits per heavy atom. The van der Waals surface area contributed by atoms with Crippen molar-refractivity contribution in [3.8, 4) is 5.75 Å². The molecule has 0 bridgehead atoms. The molecule has 0 saturated carbocycles. The van der Waals surface area contributed by atoms with Gasteiger partial charge in [0.2, 0.25) is 0 Å². The third kappa shape index (κ3) is 3.60. The van der Waals surface area contributed by atoms with E-state index in [2.05, 4.69) is 5.32 Å². The van der Waals surface area contributed by atoms with E-state index in [9.17, 15) is 4.79 Å². The van der Waals surface area contributed by atoms with Crippen molar-refractivity contribution in [1.82, 2.24) is 4.90 Å². The van der Waals surface area contributed by atoms with Gasteiger partial charge in [-0.2, -0.15) is 0 Å². The van der Waals surface area contributed by atoms with E-state index >= 15 is 0 Å². The fourth-order valence-electron chi connectivity index (χ4n) is 2.24. The fourth-order valence-corrected chi connectivity index (χ4v) is 2.48. The highest BCUT2D eigenvalue weighted by atomic mass is 32.1. The van der Waals surface area contributed by atoms with Crippen LogP contribution in [0.25, 0.3) is 0 Å². The number of amides is 2.